The lowest BCUT2D eigenvalue weighted by atomic mass is 10.1. The highest BCUT2D eigenvalue weighted by molar-refractivity contribution is 5.94. The Morgan fingerprint density at radius 1 is 1.37 bits per heavy atom. The van der Waals surface area contributed by atoms with Crippen LogP contribution in [0.5, 0.6) is 0 Å². The zero-order chi connectivity index (χ0) is 13.4. The molecule has 2 N–H and O–H groups in total. The normalized spacial score (nSPS) is 14.3. The maximum absolute atomic E-state index is 12.4. The third-order valence-electron chi connectivity index (χ3n) is 3.44. The number of rotatable bonds is 1. The van der Waals surface area contributed by atoms with E-state index in [4.69, 9.17) is 5.73 Å². The average Bonchev–Trinajstić information content (AvgIpc) is 2.88. The number of nitrogen functional groups attached to an aromatic ring is 1. The molecule has 1 aliphatic heterocycles. The van der Waals surface area contributed by atoms with Crippen LogP contribution in [0.1, 0.15) is 21.7 Å². The van der Waals surface area contributed by atoms with Gasteiger partial charge in [-0.1, -0.05) is 0 Å². The topological polar surface area (TPSA) is 77.0 Å². The van der Waals surface area contributed by atoms with E-state index in [1.165, 1.54) is 0 Å². The Bertz CT molecular complexity index is 634. The van der Waals surface area contributed by atoms with Gasteiger partial charge in [0.15, 0.2) is 5.82 Å². The minimum atomic E-state index is 0.0114. The summed E-state index contributed by atoms with van der Waals surface area (Å²) in [6.45, 7) is 3.82. The van der Waals surface area contributed by atoms with E-state index in [1.54, 1.807) is 23.4 Å². The van der Waals surface area contributed by atoms with Crippen LogP contribution in [0.4, 0.5) is 5.69 Å². The molecule has 2 heterocycles. The highest BCUT2D eigenvalue weighted by Crippen LogP contribution is 2.17. The fourth-order valence-corrected chi connectivity index (χ4v) is 2.23. The van der Waals surface area contributed by atoms with Crippen molar-refractivity contribution in [3.05, 3.63) is 41.5 Å². The van der Waals surface area contributed by atoms with Crippen molar-refractivity contribution in [1.29, 1.82) is 0 Å². The Hall–Kier alpha value is -2.37. The molecule has 0 aliphatic carbocycles. The molecule has 0 radical (unpaired) electrons. The van der Waals surface area contributed by atoms with Gasteiger partial charge in [-0.05, 0) is 30.7 Å². The molecular weight excluding hydrogens is 242 g/mol. The van der Waals surface area contributed by atoms with Gasteiger partial charge in [0.1, 0.15) is 6.33 Å². The second-order valence-corrected chi connectivity index (χ2v) is 4.74. The van der Waals surface area contributed by atoms with Gasteiger partial charge in [-0.2, -0.15) is 0 Å². The third-order valence-corrected chi connectivity index (χ3v) is 3.44. The summed E-state index contributed by atoms with van der Waals surface area (Å²) in [4.78, 5) is 14.2. The number of nitrogens with two attached hydrogens (primary N) is 1. The minimum Gasteiger partial charge on any atom is -0.399 e. The summed E-state index contributed by atoms with van der Waals surface area (Å²) in [6.07, 6.45) is 1.70. The first-order chi connectivity index (χ1) is 9.15. The van der Waals surface area contributed by atoms with Crippen LogP contribution in [0.25, 0.3) is 0 Å². The first-order valence-corrected chi connectivity index (χ1v) is 6.17. The summed E-state index contributed by atoms with van der Waals surface area (Å²) in [6, 6.07) is 5.37. The van der Waals surface area contributed by atoms with Gasteiger partial charge >= 0.3 is 0 Å². The van der Waals surface area contributed by atoms with Crippen LogP contribution in [0.2, 0.25) is 0 Å². The molecule has 1 aromatic heterocycles. The Labute approximate surface area is 110 Å². The smallest absolute Gasteiger partial charge is 0.254 e. The second kappa shape index (κ2) is 4.38. The number of carbonyl (C=O) groups excluding carboxylic acids is 1. The van der Waals surface area contributed by atoms with Crippen molar-refractivity contribution >= 4 is 11.6 Å². The standard InChI is InChI=1S/C13H15N5O/c1-9-6-10(2-3-11(9)14)13(19)17-4-5-18-8-15-16-12(18)7-17/h2-3,6,8H,4-5,7,14H2,1H3. The molecule has 0 saturated carbocycles. The monoisotopic (exact) mass is 257 g/mol. The molecule has 3 rings (SSSR count). The van der Waals surface area contributed by atoms with E-state index in [9.17, 15) is 4.79 Å². The fraction of sp³-hybridized carbons (Fsp3) is 0.308. The largest absolute Gasteiger partial charge is 0.399 e. The van der Waals surface area contributed by atoms with E-state index in [0.29, 0.717) is 24.3 Å². The molecule has 19 heavy (non-hydrogen) atoms. The van der Waals surface area contributed by atoms with Gasteiger partial charge in [-0.15, -0.1) is 10.2 Å². The van der Waals surface area contributed by atoms with Crippen molar-refractivity contribution in [1.82, 2.24) is 19.7 Å². The lowest BCUT2D eigenvalue weighted by Gasteiger charge is -2.27. The zero-order valence-electron chi connectivity index (χ0n) is 10.7. The molecule has 2 aromatic rings. The highest BCUT2D eigenvalue weighted by atomic mass is 16.2. The summed E-state index contributed by atoms with van der Waals surface area (Å²) in [5, 5.41) is 7.87. The molecule has 0 saturated heterocycles. The Morgan fingerprint density at radius 2 is 2.21 bits per heavy atom. The number of anilines is 1. The van der Waals surface area contributed by atoms with E-state index >= 15 is 0 Å². The van der Waals surface area contributed by atoms with E-state index in [1.807, 2.05) is 17.6 Å². The van der Waals surface area contributed by atoms with E-state index in [0.717, 1.165) is 17.9 Å². The van der Waals surface area contributed by atoms with Gasteiger partial charge in [0.2, 0.25) is 0 Å². The lowest BCUT2D eigenvalue weighted by Crippen LogP contribution is -2.38. The van der Waals surface area contributed by atoms with Crippen LogP contribution < -0.4 is 5.73 Å². The molecule has 6 nitrogen and oxygen atoms in total. The van der Waals surface area contributed by atoms with E-state index in [-0.39, 0.29) is 5.91 Å². The first kappa shape index (κ1) is 11.7. The summed E-state index contributed by atoms with van der Waals surface area (Å²) < 4.78 is 1.97. The van der Waals surface area contributed by atoms with Gasteiger partial charge in [-0.25, -0.2) is 0 Å². The van der Waals surface area contributed by atoms with Gasteiger partial charge in [0.25, 0.3) is 5.91 Å². The van der Waals surface area contributed by atoms with Crippen molar-refractivity contribution in [2.75, 3.05) is 12.3 Å². The molecule has 98 valence electrons. The maximum Gasteiger partial charge on any atom is 0.254 e. The van der Waals surface area contributed by atoms with Crippen LogP contribution in [-0.2, 0) is 13.1 Å². The summed E-state index contributed by atoms with van der Waals surface area (Å²) in [7, 11) is 0. The summed E-state index contributed by atoms with van der Waals surface area (Å²) >= 11 is 0. The molecule has 0 atom stereocenters. The predicted octanol–water partition coefficient (Wildman–Crippen LogP) is 0.825. The molecule has 1 aromatic carbocycles. The van der Waals surface area contributed by atoms with Crippen molar-refractivity contribution < 1.29 is 4.79 Å². The molecule has 0 bridgehead atoms. The zero-order valence-corrected chi connectivity index (χ0v) is 10.7. The van der Waals surface area contributed by atoms with Gasteiger partial charge < -0.3 is 15.2 Å². The SMILES string of the molecule is Cc1cc(C(=O)N2CCn3cnnc3C2)ccc1N. The molecule has 1 amide bonds. The number of nitrogens with zero attached hydrogens (tertiary/aromatic N) is 4. The number of fused-ring (bicyclic) bond motifs is 1. The summed E-state index contributed by atoms with van der Waals surface area (Å²) in [5.41, 5.74) is 8.06. The van der Waals surface area contributed by atoms with Crippen LogP contribution in [0.3, 0.4) is 0 Å². The van der Waals surface area contributed by atoms with Gasteiger partial charge in [-0.3, -0.25) is 4.79 Å². The Kier molecular flexibility index (Phi) is 2.70. The lowest BCUT2D eigenvalue weighted by molar-refractivity contribution is 0.0707. The molecule has 0 unspecified atom stereocenters. The summed E-state index contributed by atoms with van der Waals surface area (Å²) in [5.74, 6) is 0.837. The average molecular weight is 257 g/mol. The number of hydrogen-bond donors (Lipinski definition) is 1. The maximum atomic E-state index is 12.4. The molecule has 1 aliphatic rings. The van der Waals surface area contributed by atoms with Crippen molar-refractivity contribution in [2.45, 2.75) is 20.0 Å². The number of aryl methyl sites for hydroxylation is 1. The van der Waals surface area contributed by atoms with Crippen molar-refractivity contribution in [3.8, 4) is 0 Å². The Balaban J connectivity index is 1.83. The van der Waals surface area contributed by atoms with Crippen LogP contribution in [0.15, 0.2) is 24.5 Å². The van der Waals surface area contributed by atoms with Crippen LogP contribution in [0, 0.1) is 6.92 Å². The number of benzene rings is 1. The van der Waals surface area contributed by atoms with Crippen LogP contribution in [-0.4, -0.2) is 32.1 Å². The van der Waals surface area contributed by atoms with Gasteiger partial charge in [0.05, 0.1) is 6.54 Å². The van der Waals surface area contributed by atoms with E-state index in [2.05, 4.69) is 10.2 Å². The molecular formula is C13H15N5O. The highest BCUT2D eigenvalue weighted by Gasteiger charge is 2.22. The number of aromatic nitrogens is 3. The molecule has 0 fully saturated rings. The quantitative estimate of drug-likeness (QED) is 0.767. The second-order valence-electron chi connectivity index (χ2n) is 4.74. The fourth-order valence-electron chi connectivity index (χ4n) is 2.23. The van der Waals surface area contributed by atoms with E-state index < -0.39 is 0 Å². The first-order valence-electron chi connectivity index (χ1n) is 6.17. The Morgan fingerprint density at radius 3 is 3.00 bits per heavy atom. The number of carbonyl (C=O) groups is 1. The van der Waals surface area contributed by atoms with Crippen molar-refractivity contribution in [2.24, 2.45) is 0 Å². The third kappa shape index (κ3) is 2.05. The minimum absolute atomic E-state index is 0.0114. The number of amides is 1. The molecule has 0 spiro atoms. The van der Waals surface area contributed by atoms with Crippen LogP contribution >= 0.6 is 0 Å². The van der Waals surface area contributed by atoms with Crippen molar-refractivity contribution in [3.63, 3.8) is 0 Å². The number of hydrogen-bond acceptors (Lipinski definition) is 4. The molecule has 6 heteroatoms. The predicted molar refractivity (Wildman–Crippen MR) is 70.4 cm³/mol. The van der Waals surface area contributed by atoms with Gasteiger partial charge in [0, 0.05) is 24.3 Å².